The van der Waals surface area contributed by atoms with Gasteiger partial charge in [0, 0.05) is 32.1 Å². The zero-order valence-corrected chi connectivity index (χ0v) is 28.3. The van der Waals surface area contributed by atoms with Crippen molar-refractivity contribution in [2.75, 3.05) is 51.9 Å². The molecule has 3 heterocycles. The number of rotatable bonds is 2. The first-order valence-electron chi connectivity index (χ1n) is 15.8. The molecule has 1 aliphatic carbocycles. The van der Waals surface area contributed by atoms with E-state index in [9.17, 15) is 18.0 Å². The number of carbonyl (C=O) groups is 2. The molecule has 1 fully saturated rings. The molecule has 2 bridgehead atoms. The lowest BCUT2D eigenvalue weighted by Crippen LogP contribution is -2.51. The Balaban J connectivity index is 1.44. The molecule has 1 saturated carbocycles. The number of halogens is 1. The zero-order valence-electron chi connectivity index (χ0n) is 26.8. The van der Waals surface area contributed by atoms with E-state index in [-0.39, 0.29) is 41.8 Å². The first kappa shape index (κ1) is 32.8. The van der Waals surface area contributed by atoms with Gasteiger partial charge < -0.3 is 24.0 Å². The number of hydrogen-bond donors (Lipinski definition) is 1. The predicted molar refractivity (Wildman–Crippen MR) is 174 cm³/mol. The van der Waals surface area contributed by atoms with E-state index in [4.69, 9.17) is 25.8 Å². The van der Waals surface area contributed by atoms with E-state index in [2.05, 4.69) is 9.62 Å². The van der Waals surface area contributed by atoms with Crippen LogP contribution in [0, 0.1) is 17.8 Å². The molecule has 0 unspecified atom stereocenters. The van der Waals surface area contributed by atoms with Gasteiger partial charge in [-0.25, -0.2) is 13.1 Å². The van der Waals surface area contributed by atoms with Crippen LogP contribution in [-0.2, 0) is 41.1 Å². The van der Waals surface area contributed by atoms with Gasteiger partial charge in [-0.2, -0.15) is 0 Å². The Hall–Kier alpha value is -3.12. The van der Waals surface area contributed by atoms with Crippen molar-refractivity contribution in [3.63, 3.8) is 0 Å². The lowest BCUT2D eigenvalue weighted by molar-refractivity contribution is -0.139. The Morgan fingerprint density at radius 2 is 1.93 bits per heavy atom. The van der Waals surface area contributed by atoms with Crippen molar-refractivity contribution in [3.8, 4) is 5.75 Å². The number of carbonyl (C=O) groups excluding carboxylic acids is 2. The standard InChI is InChI=1S/C34H42ClN3O7S/c1-33(2)32(40)36-46(41,42)26-9-12-30-29(18-26)38(20-34(21-43-30)28-11-8-25(35)16-23(28)13-15-45-34)19-24-7-10-27(24)22(6-5-14-44-33)17-31(39)37(3)4/h5-6,8-9,11-12,16,18,22,24,27H,7,10,13-15,17,19-21H2,1-4H3,(H,36,40)/b6-5+/t22-,24+,27+,34-/m1/s1. The second-order valence-corrected chi connectivity index (χ2v) is 15.7. The van der Waals surface area contributed by atoms with E-state index in [0.717, 1.165) is 30.4 Å². The number of amides is 2. The van der Waals surface area contributed by atoms with Crippen LogP contribution in [-0.4, -0.2) is 77.7 Å². The highest BCUT2D eigenvalue weighted by atomic mass is 35.5. The topological polar surface area (TPSA) is 114 Å². The monoisotopic (exact) mass is 671 g/mol. The lowest BCUT2D eigenvalue weighted by Gasteiger charge is -2.46. The van der Waals surface area contributed by atoms with Gasteiger partial charge in [0.05, 0.1) is 30.3 Å². The van der Waals surface area contributed by atoms with Crippen LogP contribution in [0.15, 0.2) is 53.4 Å². The number of ether oxygens (including phenoxy) is 3. The minimum absolute atomic E-state index is 0.0285. The number of fused-ring (bicyclic) bond motifs is 4. The Morgan fingerprint density at radius 3 is 2.67 bits per heavy atom. The second-order valence-electron chi connectivity index (χ2n) is 13.5. The Labute approximate surface area is 276 Å². The summed E-state index contributed by atoms with van der Waals surface area (Å²) in [5.41, 5.74) is 0.484. The molecule has 1 spiro atoms. The van der Waals surface area contributed by atoms with Crippen molar-refractivity contribution in [2.24, 2.45) is 17.8 Å². The van der Waals surface area contributed by atoms with Crippen LogP contribution in [0.25, 0.3) is 0 Å². The second kappa shape index (κ2) is 12.5. The molecule has 46 heavy (non-hydrogen) atoms. The molecule has 2 aromatic rings. The molecule has 2 aromatic carbocycles. The summed E-state index contributed by atoms with van der Waals surface area (Å²) in [4.78, 5) is 29.8. The lowest BCUT2D eigenvalue weighted by atomic mass is 9.65. The predicted octanol–water partition coefficient (Wildman–Crippen LogP) is 4.30. The molecule has 0 radical (unpaired) electrons. The average molecular weight is 672 g/mol. The highest BCUT2D eigenvalue weighted by Gasteiger charge is 2.46. The first-order valence-corrected chi connectivity index (χ1v) is 17.7. The van der Waals surface area contributed by atoms with Crippen LogP contribution in [0.5, 0.6) is 5.75 Å². The van der Waals surface area contributed by atoms with Crippen molar-refractivity contribution in [1.82, 2.24) is 9.62 Å². The molecule has 4 atom stereocenters. The van der Waals surface area contributed by atoms with E-state index >= 15 is 0 Å². The summed E-state index contributed by atoms with van der Waals surface area (Å²) in [7, 11) is -0.714. The van der Waals surface area contributed by atoms with E-state index in [1.54, 1.807) is 31.1 Å². The fraction of sp³-hybridized carbons (Fsp3) is 0.529. The number of sulfonamides is 1. The molecule has 12 heteroatoms. The molecule has 2 amide bonds. The van der Waals surface area contributed by atoms with Gasteiger partial charge in [-0.1, -0.05) is 29.8 Å². The van der Waals surface area contributed by atoms with E-state index in [0.29, 0.717) is 42.6 Å². The third kappa shape index (κ3) is 6.39. The maximum Gasteiger partial charge on any atom is 0.265 e. The van der Waals surface area contributed by atoms with Gasteiger partial charge in [-0.15, -0.1) is 0 Å². The van der Waals surface area contributed by atoms with Crippen molar-refractivity contribution < 1.29 is 32.2 Å². The Morgan fingerprint density at radius 1 is 1.13 bits per heavy atom. The molecule has 0 saturated heterocycles. The number of benzene rings is 2. The van der Waals surface area contributed by atoms with Crippen molar-refractivity contribution in [1.29, 1.82) is 0 Å². The van der Waals surface area contributed by atoms with Crippen molar-refractivity contribution >= 4 is 39.1 Å². The van der Waals surface area contributed by atoms with Gasteiger partial charge in [0.2, 0.25) is 5.91 Å². The van der Waals surface area contributed by atoms with E-state index in [1.165, 1.54) is 19.9 Å². The minimum Gasteiger partial charge on any atom is -0.488 e. The van der Waals surface area contributed by atoms with Crippen molar-refractivity contribution in [3.05, 3.63) is 64.7 Å². The fourth-order valence-corrected chi connectivity index (χ4v) is 8.31. The highest BCUT2D eigenvalue weighted by Crippen LogP contribution is 2.47. The largest absolute Gasteiger partial charge is 0.488 e. The normalized spacial score (nSPS) is 29.2. The van der Waals surface area contributed by atoms with E-state index in [1.807, 2.05) is 30.4 Å². The Kier molecular flexibility index (Phi) is 8.90. The van der Waals surface area contributed by atoms with Gasteiger partial charge in [-0.3, -0.25) is 9.59 Å². The van der Waals surface area contributed by atoms with Gasteiger partial charge in [-0.05, 0) is 92.3 Å². The van der Waals surface area contributed by atoms with Gasteiger partial charge >= 0.3 is 0 Å². The SMILES string of the molecule is CN(C)C(=O)C[C@H]1/C=C/COC(C)(C)C(=O)NS(=O)(=O)c2ccc3c(c2)N(C[C@@H]2CC[C@H]21)C[C@]1(CO3)OCCc2cc(Cl)ccc21. The summed E-state index contributed by atoms with van der Waals surface area (Å²) < 4.78 is 48.2. The summed E-state index contributed by atoms with van der Waals surface area (Å²) in [5, 5.41) is 0.660. The third-order valence-corrected chi connectivity index (χ3v) is 11.4. The quantitative estimate of drug-likeness (QED) is 0.471. The molecule has 1 N–H and O–H groups in total. The molecule has 6 rings (SSSR count). The van der Waals surface area contributed by atoms with Crippen LogP contribution >= 0.6 is 11.6 Å². The molecule has 3 aliphatic heterocycles. The highest BCUT2D eigenvalue weighted by molar-refractivity contribution is 7.90. The maximum atomic E-state index is 13.6. The summed E-state index contributed by atoms with van der Waals surface area (Å²) in [6.07, 6.45) is 6.88. The molecular formula is C34H42ClN3O7S. The summed E-state index contributed by atoms with van der Waals surface area (Å²) in [6.45, 7) is 4.92. The van der Waals surface area contributed by atoms with Crippen LogP contribution in [0.2, 0.25) is 5.02 Å². The fourth-order valence-electron chi connectivity index (χ4n) is 7.00. The molecule has 248 valence electrons. The molecule has 10 nitrogen and oxygen atoms in total. The smallest absolute Gasteiger partial charge is 0.265 e. The van der Waals surface area contributed by atoms with Crippen LogP contribution < -0.4 is 14.4 Å². The summed E-state index contributed by atoms with van der Waals surface area (Å²) >= 11 is 6.38. The first-order chi connectivity index (χ1) is 21.8. The van der Waals surface area contributed by atoms with Gasteiger partial charge in [0.1, 0.15) is 23.6 Å². The number of hydrogen-bond acceptors (Lipinski definition) is 8. The molecular weight excluding hydrogens is 630 g/mol. The average Bonchev–Trinajstić information content (AvgIpc) is 3.13. The number of allylic oxidation sites excluding steroid dienone is 1. The third-order valence-electron chi connectivity index (χ3n) is 9.88. The maximum absolute atomic E-state index is 13.6. The van der Waals surface area contributed by atoms with E-state index < -0.39 is 27.1 Å². The van der Waals surface area contributed by atoms with Gasteiger partial charge in [0.15, 0.2) is 0 Å². The molecule has 4 aliphatic rings. The number of nitrogens with one attached hydrogen (secondary N) is 1. The Bertz CT molecular complexity index is 1660. The zero-order chi connectivity index (χ0) is 32.9. The van der Waals surface area contributed by atoms with Crippen molar-refractivity contribution in [2.45, 2.75) is 55.6 Å². The van der Waals surface area contributed by atoms with Crippen LogP contribution in [0.3, 0.4) is 0 Å². The molecule has 0 aromatic heterocycles. The minimum atomic E-state index is -4.24. The van der Waals surface area contributed by atoms with Crippen LogP contribution in [0.1, 0.15) is 44.2 Å². The summed E-state index contributed by atoms with van der Waals surface area (Å²) in [6, 6.07) is 10.5. The number of nitrogens with zero attached hydrogens (tertiary/aromatic N) is 2. The summed E-state index contributed by atoms with van der Waals surface area (Å²) in [5.74, 6) is 0.220. The number of anilines is 1. The van der Waals surface area contributed by atoms with Crippen LogP contribution in [0.4, 0.5) is 5.69 Å². The van der Waals surface area contributed by atoms with Gasteiger partial charge in [0.25, 0.3) is 15.9 Å².